The lowest BCUT2D eigenvalue weighted by atomic mass is 10.2. The molecule has 0 radical (unpaired) electrons. The van der Waals surface area contributed by atoms with Crippen LogP contribution in [0.2, 0.25) is 0 Å². The Bertz CT molecular complexity index is 616. The van der Waals surface area contributed by atoms with Crippen molar-refractivity contribution in [2.24, 2.45) is 0 Å². The molecule has 98 valence electrons. The summed E-state index contributed by atoms with van der Waals surface area (Å²) in [4.78, 5) is 0. The minimum absolute atomic E-state index is 0.339. The first-order valence-corrected chi connectivity index (χ1v) is 5.94. The lowest BCUT2D eigenvalue weighted by Crippen LogP contribution is -2.15. The average molecular weight is 260 g/mol. The van der Waals surface area contributed by atoms with Gasteiger partial charge in [-0.05, 0) is 30.3 Å². The van der Waals surface area contributed by atoms with Gasteiger partial charge < -0.3 is 20.5 Å². The van der Waals surface area contributed by atoms with Crippen LogP contribution in [0, 0.1) is 5.82 Å². The number of fused-ring (bicyclic) bond motifs is 1. The Morgan fingerprint density at radius 1 is 1.00 bits per heavy atom. The van der Waals surface area contributed by atoms with E-state index in [-0.39, 0.29) is 5.82 Å². The Hall–Kier alpha value is -2.43. The van der Waals surface area contributed by atoms with Crippen LogP contribution in [0.4, 0.5) is 21.5 Å². The molecule has 0 aliphatic carbocycles. The first kappa shape index (κ1) is 11.6. The minimum Gasteiger partial charge on any atom is -0.486 e. The third-order valence-electron chi connectivity index (χ3n) is 2.84. The van der Waals surface area contributed by atoms with Gasteiger partial charge in [0.2, 0.25) is 0 Å². The van der Waals surface area contributed by atoms with Gasteiger partial charge >= 0.3 is 0 Å². The van der Waals surface area contributed by atoms with Gasteiger partial charge in [-0.25, -0.2) is 4.39 Å². The standard InChI is InChI=1S/C14H13FN2O2/c15-9-1-3-11(16)12(7-9)17-10-2-4-13-14(8-10)19-6-5-18-13/h1-4,7-8,17H,5-6,16H2. The van der Waals surface area contributed by atoms with Gasteiger partial charge in [-0.1, -0.05) is 0 Å². The van der Waals surface area contributed by atoms with E-state index in [1.807, 2.05) is 12.1 Å². The number of nitrogens with one attached hydrogen (secondary N) is 1. The Kier molecular flexibility index (Phi) is 2.87. The van der Waals surface area contributed by atoms with E-state index in [2.05, 4.69) is 5.32 Å². The minimum atomic E-state index is -0.339. The molecule has 0 amide bonds. The maximum absolute atomic E-state index is 13.2. The van der Waals surface area contributed by atoms with Crippen molar-refractivity contribution >= 4 is 17.1 Å². The van der Waals surface area contributed by atoms with Crippen LogP contribution in [-0.4, -0.2) is 13.2 Å². The third-order valence-corrected chi connectivity index (χ3v) is 2.84. The molecule has 2 aromatic rings. The van der Waals surface area contributed by atoms with Crippen LogP contribution < -0.4 is 20.5 Å². The Labute approximate surface area is 109 Å². The normalized spacial score (nSPS) is 13.1. The highest BCUT2D eigenvalue weighted by Crippen LogP contribution is 2.34. The summed E-state index contributed by atoms with van der Waals surface area (Å²) in [6, 6.07) is 9.65. The number of hydrogen-bond acceptors (Lipinski definition) is 4. The van der Waals surface area contributed by atoms with Crippen molar-refractivity contribution in [3.63, 3.8) is 0 Å². The molecular weight excluding hydrogens is 247 g/mol. The zero-order chi connectivity index (χ0) is 13.2. The van der Waals surface area contributed by atoms with Crippen LogP contribution in [0.15, 0.2) is 36.4 Å². The van der Waals surface area contributed by atoms with E-state index >= 15 is 0 Å². The SMILES string of the molecule is Nc1ccc(F)cc1Nc1ccc2c(c1)OCCO2. The summed E-state index contributed by atoms with van der Waals surface area (Å²) < 4.78 is 24.1. The molecule has 3 rings (SSSR count). The fraction of sp³-hybridized carbons (Fsp3) is 0.143. The van der Waals surface area contributed by atoms with Crippen molar-refractivity contribution < 1.29 is 13.9 Å². The molecule has 3 N–H and O–H groups in total. The van der Waals surface area contributed by atoms with Gasteiger partial charge in [0.25, 0.3) is 0 Å². The highest BCUT2D eigenvalue weighted by molar-refractivity contribution is 5.73. The average Bonchev–Trinajstić information content (AvgIpc) is 2.43. The number of benzene rings is 2. The number of anilines is 3. The summed E-state index contributed by atoms with van der Waals surface area (Å²) in [6.07, 6.45) is 0. The molecule has 0 unspecified atom stereocenters. The zero-order valence-corrected chi connectivity index (χ0v) is 10.2. The summed E-state index contributed by atoms with van der Waals surface area (Å²) in [5.74, 6) is 1.05. The van der Waals surface area contributed by atoms with Crippen molar-refractivity contribution in [2.75, 3.05) is 24.3 Å². The van der Waals surface area contributed by atoms with Gasteiger partial charge in [-0.15, -0.1) is 0 Å². The molecule has 2 aromatic carbocycles. The fourth-order valence-corrected chi connectivity index (χ4v) is 1.91. The smallest absolute Gasteiger partial charge is 0.163 e. The lowest BCUT2D eigenvalue weighted by Gasteiger charge is -2.19. The molecule has 4 nitrogen and oxygen atoms in total. The van der Waals surface area contributed by atoms with Crippen LogP contribution in [-0.2, 0) is 0 Å². The van der Waals surface area contributed by atoms with E-state index in [4.69, 9.17) is 15.2 Å². The van der Waals surface area contributed by atoms with Crippen molar-refractivity contribution in [3.8, 4) is 11.5 Å². The molecule has 1 aliphatic heterocycles. The van der Waals surface area contributed by atoms with E-state index in [9.17, 15) is 4.39 Å². The second-order valence-corrected chi connectivity index (χ2v) is 4.22. The monoisotopic (exact) mass is 260 g/mol. The number of ether oxygens (including phenoxy) is 2. The second kappa shape index (κ2) is 4.68. The summed E-state index contributed by atoms with van der Waals surface area (Å²) in [7, 11) is 0. The first-order valence-electron chi connectivity index (χ1n) is 5.94. The molecule has 0 bridgehead atoms. The van der Waals surface area contributed by atoms with Crippen molar-refractivity contribution in [1.82, 2.24) is 0 Å². The molecule has 5 heteroatoms. The van der Waals surface area contributed by atoms with Crippen LogP contribution >= 0.6 is 0 Å². The Morgan fingerprint density at radius 2 is 1.79 bits per heavy atom. The second-order valence-electron chi connectivity index (χ2n) is 4.22. The van der Waals surface area contributed by atoms with Crippen molar-refractivity contribution in [1.29, 1.82) is 0 Å². The van der Waals surface area contributed by atoms with E-state index in [0.29, 0.717) is 36.1 Å². The maximum Gasteiger partial charge on any atom is 0.163 e. The molecule has 0 aromatic heterocycles. The Morgan fingerprint density at radius 3 is 2.63 bits per heavy atom. The highest BCUT2D eigenvalue weighted by Gasteiger charge is 2.12. The number of hydrogen-bond donors (Lipinski definition) is 2. The van der Waals surface area contributed by atoms with Gasteiger partial charge in [0.05, 0.1) is 11.4 Å². The molecule has 0 saturated heterocycles. The van der Waals surface area contributed by atoms with Crippen LogP contribution in [0.25, 0.3) is 0 Å². The Balaban J connectivity index is 1.89. The highest BCUT2D eigenvalue weighted by atomic mass is 19.1. The molecule has 1 aliphatic rings. The summed E-state index contributed by atoms with van der Waals surface area (Å²) in [6.45, 7) is 1.08. The predicted octanol–water partition coefficient (Wildman–Crippen LogP) is 2.92. The van der Waals surface area contributed by atoms with Crippen molar-refractivity contribution in [3.05, 3.63) is 42.2 Å². The zero-order valence-electron chi connectivity index (χ0n) is 10.2. The first-order chi connectivity index (χ1) is 9.22. The van der Waals surface area contributed by atoms with E-state index < -0.39 is 0 Å². The molecule has 0 atom stereocenters. The largest absolute Gasteiger partial charge is 0.486 e. The van der Waals surface area contributed by atoms with Gasteiger partial charge in [0.15, 0.2) is 11.5 Å². The van der Waals surface area contributed by atoms with E-state index in [1.54, 1.807) is 6.07 Å². The van der Waals surface area contributed by atoms with Crippen LogP contribution in [0.1, 0.15) is 0 Å². The quantitative estimate of drug-likeness (QED) is 0.815. The van der Waals surface area contributed by atoms with Crippen molar-refractivity contribution in [2.45, 2.75) is 0 Å². The van der Waals surface area contributed by atoms with E-state index in [1.165, 1.54) is 18.2 Å². The molecule has 0 saturated carbocycles. The van der Waals surface area contributed by atoms with Gasteiger partial charge in [0, 0.05) is 11.8 Å². The maximum atomic E-state index is 13.2. The number of nitrogens with two attached hydrogens (primary N) is 1. The number of nitrogen functional groups attached to an aromatic ring is 1. The van der Waals surface area contributed by atoms with Gasteiger partial charge in [-0.2, -0.15) is 0 Å². The van der Waals surface area contributed by atoms with E-state index in [0.717, 1.165) is 5.69 Å². The lowest BCUT2D eigenvalue weighted by molar-refractivity contribution is 0.171. The van der Waals surface area contributed by atoms with Gasteiger partial charge in [-0.3, -0.25) is 0 Å². The summed E-state index contributed by atoms with van der Waals surface area (Å²) in [5, 5.41) is 3.06. The molecular formula is C14H13FN2O2. The predicted molar refractivity (Wildman–Crippen MR) is 71.5 cm³/mol. The molecule has 0 spiro atoms. The number of rotatable bonds is 2. The fourth-order valence-electron chi connectivity index (χ4n) is 1.91. The number of halogens is 1. The van der Waals surface area contributed by atoms with Crippen LogP contribution in [0.3, 0.4) is 0 Å². The molecule has 0 fully saturated rings. The molecule has 19 heavy (non-hydrogen) atoms. The third kappa shape index (κ3) is 2.40. The van der Waals surface area contributed by atoms with Gasteiger partial charge in [0.1, 0.15) is 19.0 Å². The summed E-state index contributed by atoms with van der Waals surface area (Å²) in [5.41, 5.74) is 7.56. The van der Waals surface area contributed by atoms with Crippen LogP contribution in [0.5, 0.6) is 11.5 Å². The topological polar surface area (TPSA) is 56.5 Å². The summed E-state index contributed by atoms with van der Waals surface area (Å²) >= 11 is 0. The molecule has 1 heterocycles.